The van der Waals surface area contributed by atoms with Crippen molar-refractivity contribution in [2.24, 2.45) is 0 Å². The molecule has 0 saturated carbocycles. The van der Waals surface area contributed by atoms with Gasteiger partial charge in [0.25, 0.3) is 0 Å². The molecule has 0 unspecified atom stereocenters. The summed E-state index contributed by atoms with van der Waals surface area (Å²) in [5.41, 5.74) is 2.37. The van der Waals surface area contributed by atoms with E-state index in [1.807, 2.05) is 12.3 Å². The Morgan fingerprint density at radius 1 is 1.46 bits per heavy atom. The van der Waals surface area contributed by atoms with Gasteiger partial charge in [0, 0.05) is 17.1 Å². The van der Waals surface area contributed by atoms with Crippen LogP contribution in [0.5, 0.6) is 0 Å². The topological polar surface area (TPSA) is 28.7 Å². The van der Waals surface area contributed by atoms with Crippen LogP contribution in [0.25, 0.3) is 10.9 Å². The standard InChI is InChI=1S/C10H10N2S/c1-2-7-3-4-9-8(5-7)6-11-10(13)12-9/h3-6H,2H2,1H3,(H,11,12,13). The Hall–Kier alpha value is -1.22. The van der Waals surface area contributed by atoms with Crippen LogP contribution >= 0.6 is 12.2 Å². The largest absolute Gasteiger partial charge is 0.330 e. The summed E-state index contributed by atoms with van der Waals surface area (Å²) in [6.45, 7) is 2.14. The van der Waals surface area contributed by atoms with E-state index in [0.717, 1.165) is 17.3 Å². The lowest BCUT2D eigenvalue weighted by Crippen LogP contribution is -1.85. The van der Waals surface area contributed by atoms with Crippen molar-refractivity contribution >= 4 is 23.1 Å². The molecule has 1 N–H and O–H groups in total. The molecule has 0 amide bonds. The fraction of sp³-hybridized carbons (Fsp3) is 0.200. The Balaban J connectivity index is 2.73. The Bertz CT molecular complexity index is 487. The van der Waals surface area contributed by atoms with Crippen LogP contribution in [0.15, 0.2) is 24.4 Å². The molecule has 0 atom stereocenters. The molecule has 0 saturated heterocycles. The third-order valence-corrected chi connectivity index (χ3v) is 2.29. The predicted octanol–water partition coefficient (Wildman–Crippen LogP) is 2.85. The normalized spacial score (nSPS) is 10.5. The molecule has 1 aromatic heterocycles. The summed E-state index contributed by atoms with van der Waals surface area (Å²) >= 11 is 4.93. The van der Waals surface area contributed by atoms with Gasteiger partial charge in [-0.15, -0.1) is 0 Å². The zero-order valence-electron chi connectivity index (χ0n) is 7.37. The summed E-state index contributed by atoms with van der Waals surface area (Å²) in [5, 5.41) is 1.12. The molecular weight excluding hydrogens is 180 g/mol. The second kappa shape index (κ2) is 3.26. The number of rotatable bonds is 1. The number of fused-ring (bicyclic) bond motifs is 1. The van der Waals surface area contributed by atoms with Crippen molar-refractivity contribution in [3.8, 4) is 0 Å². The van der Waals surface area contributed by atoms with Crippen LogP contribution < -0.4 is 0 Å². The number of nitrogens with one attached hydrogen (secondary N) is 1. The van der Waals surface area contributed by atoms with Crippen molar-refractivity contribution in [1.29, 1.82) is 0 Å². The van der Waals surface area contributed by atoms with Gasteiger partial charge in [0.15, 0.2) is 4.77 Å². The van der Waals surface area contributed by atoms with Gasteiger partial charge in [0.2, 0.25) is 0 Å². The van der Waals surface area contributed by atoms with Crippen molar-refractivity contribution in [1.82, 2.24) is 9.97 Å². The van der Waals surface area contributed by atoms with Gasteiger partial charge in [-0.05, 0) is 36.3 Å². The number of nitrogens with zero attached hydrogens (tertiary/aromatic N) is 1. The first kappa shape index (κ1) is 8.38. The predicted molar refractivity (Wildman–Crippen MR) is 56.3 cm³/mol. The van der Waals surface area contributed by atoms with Gasteiger partial charge in [-0.2, -0.15) is 0 Å². The summed E-state index contributed by atoms with van der Waals surface area (Å²) in [7, 11) is 0. The van der Waals surface area contributed by atoms with E-state index in [4.69, 9.17) is 12.2 Å². The highest BCUT2D eigenvalue weighted by Crippen LogP contribution is 2.12. The highest BCUT2D eigenvalue weighted by atomic mass is 32.1. The quantitative estimate of drug-likeness (QED) is 0.700. The van der Waals surface area contributed by atoms with Crippen LogP contribution in [0.1, 0.15) is 12.5 Å². The molecule has 0 spiro atoms. The van der Waals surface area contributed by atoms with Gasteiger partial charge >= 0.3 is 0 Å². The third-order valence-electron chi connectivity index (χ3n) is 2.09. The first-order valence-corrected chi connectivity index (χ1v) is 4.68. The van der Waals surface area contributed by atoms with Gasteiger partial charge in [0.05, 0.1) is 0 Å². The van der Waals surface area contributed by atoms with Gasteiger partial charge in [0.1, 0.15) is 0 Å². The van der Waals surface area contributed by atoms with E-state index in [1.54, 1.807) is 0 Å². The van der Waals surface area contributed by atoms with Gasteiger partial charge < -0.3 is 4.98 Å². The Morgan fingerprint density at radius 2 is 2.31 bits per heavy atom. The smallest absolute Gasteiger partial charge is 0.197 e. The maximum Gasteiger partial charge on any atom is 0.197 e. The van der Waals surface area contributed by atoms with E-state index >= 15 is 0 Å². The average molecular weight is 190 g/mol. The minimum Gasteiger partial charge on any atom is -0.330 e. The molecule has 3 heteroatoms. The Morgan fingerprint density at radius 3 is 3.08 bits per heavy atom. The maximum absolute atomic E-state index is 4.93. The SMILES string of the molecule is CCc1ccc2[nH]c(=S)ncc2c1. The lowest BCUT2D eigenvalue weighted by atomic mass is 10.1. The molecule has 2 aromatic rings. The zero-order chi connectivity index (χ0) is 9.26. The number of aromatic amines is 1. The molecule has 0 aliphatic heterocycles. The third kappa shape index (κ3) is 1.60. The zero-order valence-corrected chi connectivity index (χ0v) is 8.19. The molecule has 2 rings (SSSR count). The monoisotopic (exact) mass is 190 g/mol. The van der Waals surface area contributed by atoms with E-state index < -0.39 is 0 Å². The number of hydrogen-bond donors (Lipinski definition) is 1. The first-order valence-electron chi connectivity index (χ1n) is 4.27. The number of aromatic nitrogens is 2. The highest BCUT2D eigenvalue weighted by Gasteiger charge is 1.94. The van der Waals surface area contributed by atoms with E-state index in [2.05, 4.69) is 29.0 Å². The number of aryl methyl sites for hydroxylation is 1. The number of hydrogen-bond acceptors (Lipinski definition) is 2. The molecule has 2 nitrogen and oxygen atoms in total. The first-order chi connectivity index (χ1) is 6.29. The van der Waals surface area contributed by atoms with Crippen molar-refractivity contribution < 1.29 is 0 Å². The minimum atomic E-state index is 0.539. The molecule has 13 heavy (non-hydrogen) atoms. The molecule has 0 fully saturated rings. The van der Waals surface area contributed by atoms with Crippen molar-refractivity contribution in [2.45, 2.75) is 13.3 Å². The van der Waals surface area contributed by atoms with Crippen LogP contribution in [0.4, 0.5) is 0 Å². The van der Waals surface area contributed by atoms with Crippen molar-refractivity contribution in [3.63, 3.8) is 0 Å². The summed E-state index contributed by atoms with van der Waals surface area (Å²) in [4.78, 5) is 7.09. The molecule has 0 radical (unpaired) electrons. The molecule has 66 valence electrons. The molecular formula is C10H10N2S. The fourth-order valence-electron chi connectivity index (χ4n) is 1.33. The van der Waals surface area contributed by atoms with Crippen LogP contribution in [-0.4, -0.2) is 9.97 Å². The Labute approximate surface area is 81.6 Å². The summed E-state index contributed by atoms with van der Waals surface area (Å²) in [6.07, 6.45) is 2.86. The second-order valence-corrected chi connectivity index (χ2v) is 3.35. The molecule has 1 aromatic carbocycles. The lowest BCUT2D eigenvalue weighted by Gasteiger charge is -1.99. The van der Waals surface area contributed by atoms with Crippen LogP contribution in [0.2, 0.25) is 0 Å². The van der Waals surface area contributed by atoms with Crippen LogP contribution in [0, 0.1) is 4.77 Å². The van der Waals surface area contributed by atoms with E-state index in [0.29, 0.717) is 4.77 Å². The maximum atomic E-state index is 4.93. The summed E-state index contributed by atoms with van der Waals surface area (Å²) in [6, 6.07) is 6.28. The molecule has 0 aliphatic rings. The second-order valence-electron chi connectivity index (χ2n) is 2.96. The minimum absolute atomic E-state index is 0.539. The van der Waals surface area contributed by atoms with E-state index in [-0.39, 0.29) is 0 Å². The van der Waals surface area contributed by atoms with Crippen LogP contribution in [0.3, 0.4) is 0 Å². The average Bonchev–Trinajstić information content (AvgIpc) is 2.17. The van der Waals surface area contributed by atoms with Crippen molar-refractivity contribution in [3.05, 3.63) is 34.7 Å². The van der Waals surface area contributed by atoms with Gasteiger partial charge in [-0.25, -0.2) is 4.98 Å². The lowest BCUT2D eigenvalue weighted by molar-refractivity contribution is 1.13. The van der Waals surface area contributed by atoms with Gasteiger partial charge in [-0.3, -0.25) is 0 Å². The molecule has 0 aliphatic carbocycles. The van der Waals surface area contributed by atoms with E-state index in [1.165, 1.54) is 5.56 Å². The van der Waals surface area contributed by atoms with Gasteiger partial charge in [-0.1, -0.05) is 13.0 Å². The molecule has 0 bridgehead atoms. The van der Waals surface area contributed by atoms with Crippen molar-refractivity contribution in [2.75, 3.05) is 0 Å². The van der Waals surface area contributed by atoms with Crippen LogP contribution in [-0.2, 0) is 6.42 Å². The number of benzene rings is 1. The highest BCUT2D eigenvalue weighted by molar-refractivity contribution is 7.71. The number of H-pyrrole nitrogens is 1. The fourth-order valence-corrected chi connectivity index (χ4v) is 1.49. The molecule has 1 heterocycles. The summed E-state index contributed by atoms with van der Waals surface area (Å²) < 4.78 is 0.539. The van der Waals surface area contributed by atoms with E-state index in [9.17, 15) is 0 Å². The Kier molecular flexibility index (Phi) is 2.10. The summed E-state index contributed by atoms with van der Waals surface area (Å²) in [5.74, 6) is 0.